The molecule has 13 heavy (non-hydrogen) atoms. The third-order valence-electron chi connectivity index (χ3n) is 2.30. The van der Waals surface area contributed by atoms with Crippen LogP contribution in [0, 0.1) is 5.41 Å². The van der Waals surface area contributed by atoms with Gasteiger partial charge in [0.15, 0.2) is 0 Å². The highest BCUT2D eigenvalue weighted by Crippen LogP contribution is 2.36. The van der Waals surface area contributed by atoms with Crippen molar-refractivity contribution in [3.8, 4) is 0 Å². The standard InChI is InChI=1S/C11H18O2/c1-8-5-10(13-9(2)12)7-11(3,4)6-8/h5,10H,6-7H2,1-4H3. The van der Waals surface area contributed by atoms with Gasteiger partial charge >= 0.3 is 5.97 Å². The Morgan fingerprint density at radius 3 is 2.69 bits per heavy atom. The lowest BCUT2D eigenvalue weighted by Gasteiger charge is -2.33. The fourth-order valence-electron chi connectivity index (χ4n) is 2.10. The second-order valence-corrected chi connectivity index (χ2v) is 4.71. The first-order chi connectivity index (χ1) is 5.89. The number of allylic oxidation sites excluding steroid dienone is 1. The Labute approximate surface area is 80.0 Å². The SMILES string of the molecule is CC(=O)OC1C=C(C)CC(C)(C)C1. The van der Waals surface area contributed by atoms with E-state index in [4.69, 9.17) is 4.74 Å². The molecule has 0 amide bonds. The fraction of sp³-hybridized carbons (Fsp3) is 0.727. The second kappa shape index (κ2) is 3.52. The molecule has 0 aromatic heterocycles. The summed E-state index contributed by atoms with van der Waals surface area (Å²) in [4.78, 5) is 10.8. The average molecular weight is 182 g/mol. The third kappa shape index (κ3) is 3.21. The summed E-state index contributed by atoms with van der Waals surface area (Å²) in [5, 5.41) is 0. The molecule has 0 aliphatic heterocycles. The van der Waals surface area contributed by atoms with Crippen molar-refractivity contribution in [1.82, 2.24) is 0 Å². The van der Waals surface area contributed by atoms with E-state index in [1.54, 1.807) is 0 Å². The van der Waals surface area contributed by atoms with Gasteiger partial charge in [0, 0.05) is 6.92 Å². The average Bonchev–Trinajstić information content (AvgIpc) is 1.78. The summed E-state index contributed by atoms with van der Waals surface area (Å²) in [6.07, 6.45) is 4.09. The first-order valence-electron chi connectivity index (χ1n) is 4.73. The summed E-state index contributed by atoms with van der Waals surface area (Å²) < 4.78 is 5.18. The molecule has 0 fully saturated rings. The quantitative estimate of drug-likeness (QED) is 0.460. The van der Waals surface area contributed by atoms with Crippen LogP contribution in [0.25, 0.3) is 0 Å². The molecule has 0 aromatic carbocycles. The summed E-state index contributed by atoms with van der Waals surface area (Å²) in [6.45, 7) is 7.97. The van der Waals surface area contributed by atoms with Gasteiger partial charge in [-0.2, -0.15) is 0 Å². The van der Waals surface area contributed by atoms with E-state index in [-0.39, 0.29) is 17.5 Å². The summed E-state index contributed by atoms with van der Waals surface area (Å²) in [7, 11) is 0. The molecule has 0 saturated heterocycles. The first kappa shape index (κ1) is 10.3. The maximum Gasteiger partial charge on any atom is 0.303 e. The van der Waals surface area contributed by atoms with Crippen LogP contribution in [-0.4, -0.2) is 12.1 Å². The highest BCUT2D eigenvalue weighted by atomic mass is 16.5. The minimum Gasteiger partial charge on any atom is -0.458 e. The smallest absolute Gasteiger partial charge is 0.303 e. The molecule has 0 spiro atoms. The zero-order valence-corrected chi connectivity index (χ0v) is 8.89. The molecule has 2 nitrogen and oxygen atoms in total. The van der Waals surface area contributed by atoms with Gasteiger partial charge in [-0.15, -0.1) is 0 Å². The van der Waals surface area contributed by atoms with E-state index in [0.29, 0.717) is 0 Å². The molecule has 0 radical (unpaired) electrons. The van der Waals surface area contributed by atoms with Crippen LogP contribution in [0.5, 0.6) is 0 Å². The zero-order valence-electron chi connectivity index (χ0n) is 8.89. The Kier molecular flexibility index (Phi) is 2.79. The van der Waals surface area contributed by atoms with Gasteiger partial charge in [-0.25, -0.2) is 0 Å². The van der Waals surface area contributed by atoms with E-state index in [1.165, 1.54) is 12.5 Å². The number of carbonyl (C=O) groups is 1. The summed E-state index contributed by atoms with van der Waals surface area (Å²) in [5.74, 6) is -0.188. The highest BCUT2D eigenvalue weighted by molar-refractivity contribution is 5.66. The van der Waals surface area contributed by atoms with Gasteiger partial charge < -0.3 is 4.74 Å². The van der Waals surface area contributed by atoms with E-state index in [1.807, 2.05) is 0 Å². The van der Waals surface area contributed by atoms with Gasteiger partial charge in [0.05, 0.1) is 0 Å². The molecule has 0 N–H and O–H groups in total. The number of carbonyl (C=O) groups excluding carboxylic acids is 1. The van der Waals surface area contributed by atoms with Crippen LogP contribution >= 0.6 is 0 Å². The van der Waals surface area contributed by atoms with Crippen molar-refractivity contribution in [3.05, 3.63) is 11.6 Å². The van der Waals surface area contributed by atoms with Gasteiger partial charge in [-0.3, -0.25) is 4.79 Å². The molecule has 1 aliphatic carbocycles. The molecule has 1 aliphatic rings. The molecular weight excluding hydrogens is 164 g/mol. The van der Waals surface area contributed by atoms with E-state index in [9.17, 15) is 4.79 Å². The minimum absolute atomic E-state index is 0.0127. The zero-order chi connectivity index (χ0) is 10.1. The molecular formula is C11H18O2. The second-order valence-electron chi connectivity index (χ2n) is 4.71. The molecule has 0 heterocycles. The predicted octanol–water partition coefficient (Wildman–Crippen LogP) is 2.68. The van der Waals surface area contributed by atoms with Crippen LogP contribution < -0.4 is 0 Å². The van der Waals surface area contributed by atoms with Crippen molar-refractivity contribution in [2.24, 2.45) is 5.41 Å². The predicted molar refractivity (Wildman–Crippen MR) is 52.3 cm³/mol. The number of esters is 1. The number of hydrogen-bond donors (Lipinski definition) is 0. The Balaban J connectivity index is 2.67. The fourth-order valence-corrected chi connectivity index (χ4v) is 2.10. The van der Waals surface area contributed by atoms with Gasteiger partial charge in [0.25, 0.3) is 0 Å². The molecule has 0 aromatic rings. The molecule has 1 atom stereocenters. The minimum atomic E-state index is -0.188. The maximum absolute atomic E-state index is 10.8. The first-order valence-corrected chi connectivity index (χ1v) is 4.73. The van der Waals surface area contributed by atoms with Crippen LogP contribution in [0.4, 0.5) is 0 Å². The molecule has 1 unspecified atom stereocenters. The van der Waals surface area contributed by atoms with Crippen molar-refractivity contribution in [1.29, 1.82) is 0 Å². The normalized spacial score (nSPS) is 26.5. The van der Waals surface area contributed by atoms with Gasteiger partial charge in [-0.1, -0.05) is 19.4 Å². The van der Waals surface area contributed by atoms with Crippen LogP contribution in [0.3, 0.4) is 0 Å². The van der Waals surface area contributed by atoms with Crippen LogP contribution in [0.1, 0.15) is 40.5 Å². The third-order valence-corrected chi connectivity index (χ3v) is 2.30. The van der Waals surface area contributed by atoms with Crippen LogP contribution in [0.2, 0.25) is 0 Å². The van der Waals surface area contributed by atoms with E-state index >= 15 is 0 Å². The Bertz CT molecular complexity index is 238. The van der Waals surface area contributed by atoms with Crippen molar-refractivity contribution in [2.75, 3.05) is 0 Å². The monoisotopic (exact) mass is 182 g/mol. The van der Waals surface area contributed by atoms with Gasteiger partial charge in [-0.05, 0) is 31.3 Å². The highest BCUT2D eigenvalue weighted by Gasteiger charge is 2.28. The van der Waals surface area contributed by atoms with E-state index < -0.39 is 0 Å². The lowest BCUT2D eigenvalue weighted by Crippen LogP contribution is -2.27. The Hall–Kier alpha value is -0.790. The lowest BCUT2D eigenvalue weighted by atomic mass is 9.76. The van der Waals surface area contributed by atoms with Crippen LogP contribution in [-0.2, 0) is 9.53 Å². The molecule has 2 heteroatoms. The summed E-state index contributed by atoms with van der Waals surface area (Å²) >= 11 is 0. The Morgan fingerprint density at radius 2 is 2.23 bits per heavy atom. The molecule has 0 bridgehead atoms. The molecule has 1 rings (SSSR count). The van der Waals surface area contributed by atoms with Crippen molar-refractivity contribution in [2.45, 2.75) is 46.6 Å². The van der Waals surface area contributed by atoms with Crippen molar-refractivity contribution in [3.63, 3.8) is 0 Å². The van der Waals surface area contributed by atoms with E-state index in [2.05, 4.69) is 26.8 Å². The number of ether oxygens (including phenoxy) is 1. The summed E-state index contributed by atoms with van der Waals surface area (Å²) in [6, 6.07) is 0. The molecule has 0 saturated carbocycles. The largest absolute Gasteiger partial charge is 0.458 e. The van der Waals surface area contributed by atoms with Crippen molar-refractivity contribution >= 4 is 5.97 Å². The Morgan fingerprint density at radius 1 is 1.62 bits per heavy atom. The maximum atomic E-state index is 10.8. The molecule has 74 valence electrons. The van der Waals surface area contributed by atoms with E-state index in [0.717, 1.165) is 12.8 Å². The topological polar surface area (TPSA) is 26.3 Å². The van der Waals surface area contributed by atoms with Crippen molar-refractivity contribution < 1.29 is 9.53 Å². The summed E-state index contributed by atoms with van der Waals surface area (Å²) in [5.41, 5.74) is 1.58. The number of rotatable bonds is 1. The lowest BCUT2D eigenvalue weighted by molar-refractivity contribution is -0.145. The van der Waals surface area contributed by atoms with Gasteiger partial charge in [0.2, 0.25) is 0 Å². The van der Waals surface area contributed by atoms with Crippen LogP contribution in [0.15, 0.2) is 11.6 Å². The van der Waals surface area contributed by atoms with Gasteiger partial charge in [0.1, 0.15) is 6.10 Å². The number of hydrogen-bond acceptors (Lipinski definition) is 2.